The van der Waals surface area contributed by atoms with E-state index < -0.39 is 0 Å². The minimum absolute atomic E-state index is 0.256. The van der Waals surface area contributed by atoms with E-state index >= 15 is 0 Å². The van der Waals surface area contributed by atoms with Gasteiger partial charge in [-0.2, -0.15) is 0 Å². The predicted octanol–water partition coefficient (Wildman–Crippen LogP) is 4.99. The van der Waals surface area contributed by atoms with Crippen LogP contribution < -0.4 is 14.8 Å². The van der Waals surface area contributed by atoms with Crippen molar-refractivity contribution < 1.29 is 18.7 Å². The smallest absolute Gasteiger partial charge is 0.287 e. The topological polar surface area (TPSA) is 78.5 Å². The molecule has 1 atom stereocenters. The van der Waals surface area contributed by atoms with E-state index in [9.17, 15) is 4.79 Å². The Morgan fingerprint density at radius 3 is 2.59 bits per heavy atom. The van der Waals surface area contributed by atoms with E-state index in [1.54, 1.807) is 19.2 Å². The largest absolute Gasteiger partial charge is 0.497 e. The number of nitrogens with one attached hydrogen (secondary N) is 1. The number of rotatable bonds is 10. The van der Waals surface area contributed by atoms with Gasteiger partial charge in [-0.05, 0) is 68.3 Å². The van der Waals surface area contributed by atoms with Crippen molar-refractivity contribution in [3.63, 3.8) is 0 Å². The maximum Gasteiger partial charge on any atom is 0.287 e. The number of para-hydroxylation sites is 2. The van der Waals surface area contributed by atoms with E-state index in [2.05, 4.69) is 16.0 Å². The summed E-state index contributed by atoms with van der Waals surface area (Å²) >= 11 is 0. The molecule has 32 heavy (non-hydrogen) atoms. The van der Waals surface area contributed by atoms with E-state index in [0.717, 1.165) is 47.7 Å². The minimum Gasteiger partial charge on any atom is -0.497 e. The molecule has 0 radical (unpaired) electrons. The number of fused-ring (bicyclic) bond motifs is 1. The second kappa shape index (κ2) is 10.0. The van der Waals surface area contributed by atoms with Gasteiger partial charge in [0.2, 0.25) is 0 Å². The molecule has 7 heteroatoms. The molecule has 1 N–H and O–H groups in total. The molecule has 0 fully saturated rings. The van der Waals surface area contributed by atoms with E-state index in [1.807, 2.05) is 49.4 Å². The van der Waals surface area contributed by atoms with Gasteiger partial charge in [0.05, 0.1) is 37.1 Å². The van der Waals surface area contributed by atoms with Crippen LogP contribution in [0.5, 0.6) is 11.5 Å². The zero-order valence-corrected chi connectivity index (χ0v) is 18.3. The van der Waals surface area contributed by atoms with Crippen LogP contribution >= 0.6 is 0 Å². The quantitative estimate of drug-likeness (QED) is 0.357. The van der Waals surface area contributed by atoms with Gasteiger partial charge in [-0.3, -0.25) is 4.79 Å². The number of aryl methyl sites for hydroxylation is 1. The first kappa shape index (κ1) is 21.5. The van der Waals surface area contributed by atoms with Gasteiger partial charge in [0, 0.05) is 6.54 Å². The lowest BCUT2D eigenvalue weighted by Crippen LogP contribution is -2.28. The van der Waals surface area contributed by atoms with Crippen LogP contribution in [0.4, 0.5) is 0 Å². The molecule has 166 valence electrons. The second-order valence-corrected chi connectivity index (χ2v) is 7.51. The molecule has 0 spiro atoms. The summed E-state index contributed by atoms with van der Waals surface area (Å²) in [5.41, 5.74) is 1.97. The average molecular weight is 434 g/mol. The van der Waals surface area contributed by atoms with Crippen LogP contribution in [0.1, 0.15) is 42.2 Å². The maximum absolute atomic E-state index is 12.4. The van der Waals surface area contributed by atoms with Gasteiger partial charge in [0.1, 0.15) is 17.3 Å². The summed E-state index contributed by atoms with van der Waals surface area (Å²) in [6, 6.07) is 18.7. The number of ether oxygens (including phenoxy) is 2. The number of benzene rings is 2. The summed E-state index contributed by atoms with van der Waals surface area (Å²) in [5, 5.41) is 2.98. The Balaban J connectivity index is 1.39. The summed E-state index contributed by atoms with van der Waals surface area (Å²) in [4.78, 5) is 17.2. The van der Waals surface area contributed by atoms with Gasteiger partial charge < -0.3 is 23.8 Å². The third kappa shape index (κ3) is 4.94. The van der Waals surface area contributed by atoms with Crippen molar-refractivity contribution in [2.75, 3.05) is 13.7 Å². The number of amides is 1. The molecule has 1 amide bonds. The standard InChI is InChI=1S/C25H27N3O4/c1-18(26-25(29)23-10-7-17-32-23)24-27-21-8-3-4-9-22(21)28(24)15-5-6-16-31-20-13-11-19(30-2)12-14-20/h3-4,7-14,17-18H,5-6,15-16H2,1-2H3,(H,26,29). The molecule has 2 aromatic carbocycles. The van der Waals surface area contributed by atoms with Gasteiger partial charge in [-0.25, -0.2) is 4.98 Å². The van der Waals surface area contributed by atoms with Crippen LogP contribution in [-0.2, 0) is 6.54 Å². The fourth-order valence-corrected chi connectivity index (χ4v) is 3.63. The van der Waals surface area contributed by atoms with Crippen LogP contribution in [0.15, 0.2) is 71.3 Å². The van der Waals surface area contributed by atoms with Gasteiger partial charge >= 0.3 is 0 Å². The molecule has 4 aromatic rings. The second-order valence-electron chi connectivity index (χ2n) is 7.51. The molecular formula is C25H27N3O4. The van der Waals surface area contributed by atoms with Crippen molar-refractivity contribution in [3.05, 3.63) is 78.5 Å². The van der Waals surface area contributed by atoms with Crippen molar-refractivity contribution in [1.29, 1.82) is 0 Å². The molecule has 0 saturated carbocycles. The third-order valence-electron chi connectivity index (χ3n) is 5.27. The molecule has 0 aliphatic heterocycles. The monoisotopic (exact) mass is 433 g/mol. The highest BCUT2D eigenvalue weighted by atomic mass is 16.5. The molecule has 0 bridgehead atoms. The van der Waals surface area contributed by atoms with Crippen LogP contribution in [0.25, 0.3) is 11.0 Å². The number of carbonyl (C=O) groups is 1. The van der Waals surface area contributed by atoms with Crippen molar-refractivity contribution in [1.82, 2.24) is 14.9 Å². The molecule has 7 nitrogen and oxygen atoms in total. The predicted molar refractivity (Wildman–Crippen MR) is 122 cm³/mol. The van der Waals surface area contributed by atoms with Gasteiger partial charge in [-0.1, -0.05) is 12.1 Å². The molecule has 2 heterocycles. The Labute approximate surface area is 187 Å². The lowest BCUT2D eigenvalue weighted by molar-refractivity contribution is 0.0909. The average Bonchev–Trinajstić information content (AvgIpc) is 3.48. The number of imidazole rings is 1. The number of carbonyl (C=O) groups excluding carboxylic acids is 1. The Bertz CT molecular complexity index is 1150. The summed E-state index contributed by atoms with van der Waals surface area (Å²) < 4.78 is 18.4. The normalized spacial score (nSPS) is 11.9. The first-order chi connectivity index (χ1) is 15.7. The summed E-state index contributed by atoms with van der Waals surface area (Å²) in [6.45, 7) is 3.34. The zero-order valence-electron chi connectivity index (χ0n) is 18.3. The highest BCUT2D eigenvalue weighted by Gasteiger charge is 2.19. The fraction of sp³-hybridized carbons (Fsp3) is 0.280. The summed E-state index contributed by atoms with van der Waals surface area (Å²) in [7, 11) is 1.65. The maximum atomic E-state index is 12.4. The van der Waals surface area contributed by atoms with E-state index in [-0.39, 0.29) is 17.7 Å². The number of unbranched alkanes of at least 4 members (excludes halogenated alkanes) is 1. The van der Waals surface area contributed by atoms with Crippen LogP contribution in [0, 0.1) is 0 Å². The van der Waals surface area contributed by atoms with Gasteiger partial charge in [0.25, 0.3) is 5.91 Å². The fourth-order valence-electron chi connectivity index (χ4n) is 3.63. The lowest BCUT2D eigenvalue weighted by Gasteiger charge is -2.16. The van der Waals surface area contributed by atoms with Crippen molar-refractivity contribution in [3.8, 4) is 11.5 Å². The summed E-state index contributed by atoms with van der Waals surface area (Å²) in [6.07, 6.45) is 3.30. The number of aromatic nitrogens is 2. The van der Waals surface area contributed by atoms with Crippen molar-refractivity contribution in [2.45, 2.75) is 32.4 Å². The third-order valence-corrected chi connectivity index (χ3v) is 5.27. The number of methoxy groups -OCH3 is 1. The number of hydrogen-bond donors (Lipinski definition) is 1. The van der Waals surface area contributed by atoms with E-state index in [1.165, 1.54) is 6.26 Å². The van der Waals surface area contributed by atoms with Crippen LogP contribution in [-0.4, -0.2) is 29.2 Å². The minimum atomic E-state index is -0.268. The van der Waals surface area contributed by atoms with Gasteiger partial charge in [-0.15, -0.1) is 0 Å². The highest BCUT2D eigenvalue weighted by molar-refractivity contribution is 5.91. The molecule has 0 aliphatic carbocycles. The summed E-state index contributed by atoms with van der Waals surface area (Å²) in [5.74, 6) is 2.49. The molecule has 4 rings (SSSR count). The van der Waals surface area contributed by atoms with Gasteiger partial charge in [0.15, 0.2) is 5.76 Å². The first-order valence-corrected chi connectivity index (χ1v) is 10.7. The Kier molecular flexibility index (Phi) is 6.75. The van der Waals surface area contributed by atoms with E-state index in [0.29, 0.717) is 6.61 Å². The first-order valence-electron chi connectivity index (χ1n) is 10.7. The Morgan fingerprint density at radius 2 is 1.84 bits per heavy atom. The number of nitrogens with zero attached hydrogens (tertiary/aromatic N) is 2. The molecule has 0 saturated heterocycles. The SMILES string of the molecule is COc1ccc(OCCCCn2c(C(C)NC(=O)c3ccco3)nc3ccccc32)cc1. The molecule has 0 aliphatic rings. The molecular weight excluding hydrogens is 406 g/mol. The lowest BCUT2D eigenvalue weighted by atomic mass is 10.2. The van der Waals surface area contributed by atoms with Crippen LogP contribution in [0.2, 0.25) is 0 Å². The van der Waals surface area contributed by atoms with Crippen LogP contribution in [0.3, 0.4) is 0 Å². The number of furan rings is 1. The molecule has 1 unspecified atom stereocenters. The Hall–Kier alpha value is -3.74. The zero-order chi connectivity index (χ0) is 22.3. The number of hydrogen-bond acceptors (Lipinski definition) is 5. The Morgan fingerprint density at radius 1 is 1.06 bits per heavy atom. The van der Waals surface area contributed by atoms with Crippen molar-refractivity contribution in [2.24, 2.45) is 0 Å². The van der Waals surface area contributed by atoms with Crippen molar-refractivity contribution >= 4 is 16.9 Å². The molecule has 2 aromatic heterocycles. The highest BCUT2D eigenvalue weighted by Crippen LogP contribution is 2.22. The van der Waals surface area contributed by atoms with E-state index in [4.69, 9.17) is 18.9 Å².